The van der Waals surface area contributed by atoms with E-state index in [1.165, 1.54) is 5.56 Å². The Morgan fingerprint density at radius 3 is 2.81 bits per heavy atom. The molecule has 2 heterocycles. The van der Waals surface area contributed by atoms with Crippen molar-refractivity contribution in [1.82, 2.24) is 0 Å². The van der Waals surface area contributed by atoms with E-state index in [-0.39, 0.29) is 5.63 Å². The van der Waals surface area contributed by atoms with Crippen LogP contribution in [-0.2, 0) is 13.0 Å². The first-order valence-corrected chi connectivity index (χ1v) is 8.71. The van der Waals surface area contributed by atoms with Gasteiger partial charge < -0.3 is 18.8 Å². The summed E-state index contributed by atoms with van der Waals surface area (Å²) in [4.78, 5) is 14.4. The van der Waals surface area contributed by atoms with Gasteiger partial charge in [0, 0.05) is 30.6 Å². The Bertz CT molecular complexity index is 994. The lowest BCUT2D eigenvalue weighted by molar-refractivity contribution is 0.412. The highest BCUT2D eigenvalue weighted by molar-refractivity contribution is 5.82. The topological polar surface area (TPSA) is 51.9 Å². The molecule has 0 N–H and O–H groups in total. The minimum atomic E-state index is -0.349. The molecule has 0 amide bonds. The molecule has 0 unspecified atom stereocenters. The summed E-state index contributed by atoms with van der Waals surface area (Å²) in [6.45, 7) is 1.55. The lowest BCUT2D eigenvalue weighted by Crippen LogP contribution is -2.29. The maximum absolute atomic E-state index is 12.1. The fraction of sp³-hybridized carbons (Fsp3) is 0.286. The van der Waals surface area contributed by atoms with E-state index in [9.17, 15) is 4.79 Å². The Morgan fingerprint density at radius 2 is 2.00 bits per heavy atom. The van der Waals surface area contributed by atoms with Gasteiger partial charge in [0.25, 0.3) is 0 Å². The molecule has 0 saturated heterocycles. The molecule has 0 spiro atoms. The Balaban J connectivity index is 1.79. The summed E-state index contributed by atoms with van der Waals surface area (Å²) < 4.78 is 16.2. The largest absolute Gasteiger partial charge is 0.497 e. The zero-order valence-electron chi connectivity index (χ0n) is 15.0. The average Bonchev–Trinajstić information content (AvgIpc) is 2.67. The van der Waals surface area contributed by atoms with E-state index in [2.05, 4.69) is 11.0 Å². The molecule has 5 heteroatoms. The Morgan fingerprint density at radius 1 is 1.12 bits per heavy atom. The molecular formula is C21H21NO4. The van der Waals surface area contributed by atoms with Gasteiger partial charge in [0.15, 0.2) is 0 Å². The number of anilines is 1. The molecular weight excluding hydrogens is 330 g/mol. The number of ether oxygens (including phenoxy) is 2. The second kappa shape index (κ2) is 6.75. The van der Waals surface area contributed by atoms with Crippen LogP contribution < -0.4 is 20.0 Å². The average molecular weight is 351 g/mol. The smallest absolute Gasteiger partial charge is 0.336 e. The van der Waals surface area contributed by atoms with Crippen LogP contribution >= 0.6 is 0 Å². The minimum absolute atomic E-state index is 0.349. The zero-order chi connectivity index (χ0) is 18.1. The fourth-order valence-corrected chi connectivity index (χ4v) is 3.70. The maximum Gasteiger partial charge on any atom is 0.336 e. The van der Waals surface area contributed by atoms with Gasteiger partial charge in [-0.15, -0.1) is 0 Å². The van der Waals surface area contributed by atoms with Crippen molar-refractivity contribution in [2.24, 2.45) is 0 Å². The standard InChI is InChI=1S/C21H21NO4/c1-24-16-8-9-17-15(11-20(23)26-19(17)12-16)13-22-10-4-6-14-5-3-7-18(25-2)21(14)22/h3,5,7-9,11-12H,4,6,10,13H2,1-2H3. The summed E-state index contributed by atoms with van der Waals surface area (Å²) in [6, 6.07) is 13.3. The number of benzene rings is 2. The van der Waals surface area contributed by atoms with Gasteiger partial charge >= 0.3 is 5.63 Å². The van der Waals surface area contributed by atoms with Gasteiger partial charge in [-0.2, -0.15) is 0 Å². The predicted octanol–water partition coefficient (Wildman–Crippen LogP) is 3.76. The van der Waals surface area contributed by atoms with Crippen molar-refractivity contribution in [1.29, 1.82) is 0 Å². The number of fused-ring (bicyclic) bond motifs is 2. The number of hydrogen-bond donors (Lipinski definition) is 0. The van der Waals surface area contributed by atoms with Crippen molar-refractivity contribution >= 4 is 16.7 Å². The van der Waals surface area contributed by atoms with Crippen LogP contribution in [0.15, 0.2) is 51.7 Å². The Hall–Kier alpha value is -2.95. The van der Waals surface area contributed by atoms with Crippen molar-refractivity contribution < 1.29 is 13.9 Å². The third-order valence-corrected chi connectivity index (χ3v) is 4.89. The third-order valence-electron chi connectivity index (χ3n) is 4.89. The van der Waals surface area contributed by atoms with E-state index >= 15 is 0 Å². The van der Waals surface area contributed by atoms with Gasteiger partial charge in [-0.25, -0.2) is 4.79 Å². The van der Waals surface area contributed by atoms with Crippen molar-refractivity contribution in [3.05, 3.63) is 64.0 Å². The Labute approximate surface area is 151 Å². The van der Waals surface area contributed by atoms with Gasteiger partial charge in [0.2, 0.25) is 0 Å². The molecule has 0 fully saturated rings. The minimum Gasteiger partial charge on any atom is -0.497 e. The van der Waals surface area contributed by atoms with Crippen molar-refractivity contribution in [2.75, 3.05) is 25.7 Å². The predicted molar refractivity (Wildman–Crippen MR) is 101 cm³/mol. The summed E-state index contributed by atoms with van der Waals surface area (Å²) in [5.41, 5.74) is 3.54. The molecule has 134 valence electrons. The van der Waals surface area contributed by atoms with Crippen molar-refractivity contribution in [3.8, 4) is 11.5 Å². The molecule has 1 aromatic heterocycles. The second-order valence-corrected chi connectivity index (χ2v) is 6.45. The lowest BCUT2D eigenvalue weighted by Gasteiger charge is -2.32. The summed E-state index contributed by atoms with van der Waals surface area (Å²) in [5, 5.41) is 0.924. The van der Waals surface area contributed by atoms with E-state index < -0.39 is 0 Å². The fourth-order valence-electron chi connectivity index (χ4n) is 3.70. The lowest BCUT2D eigenvalue weighted by atomic mass is 9.99. The highest BCUT2D eigenvalue weighted by atomic mass is 16.5. The van der Waals surface area contributed by atoms with Gasteiger partial charge in [-0.3, -0.25) is 0 Å². The van der Waals surface area contributed by atoms with Gasteiger partial charge in [0.05, 0.1) is 19.9 Å². The molecule has 4 rings (SSSR count). The summed E-state index contributed by atoms with van der Waals surface area (Å²) >= 11 is 0. The molecule has 26 heavy (non-hydrogen) atoms. The van der Waals surface area contributed by atoms with Crippen molar-refractivity contribution in [2.45, 2.75) is 19.4 Å². The highest BCUT2D eigenvalue weighted by Crippen LogP contribution is 2.37. The quantitative estimate of drug-likeness (QED) is 0.670. The maximum atomic E-state index is 12.1. The molecule has 1 aliphatic heterocycles. The van der Waals surface area contributed by atoms with E-state index in [0.717, 1.165) is 41.8 Å². The van der Waals surface area contributed by atoms with Crippen LogP contribution in [0.1, 0.15) is 17.5 Å². The monoisotopic (exact) mass is 351 g/mol. The number of rotatable bonds is 4. The van der Waals surface area contributed by atoms with Crippen LogP contribution in [0.4, 0.5) is 5.69 Å². The van der Waals surface area contributed by atoms with Gasteiger partial charge in [-0.05, 0) is 42.2 Å². The van der Waals surface area contributed by atoms with E-state index in [1.54, 1.807) is 26.4 Å². The normalized spacial score (nSPS) is 13.5. The SMILES string of the molecule is COc1ccc2c(CN3CCCc4cccc(OC)c43)cc(=O)oc2c1. The molecule has 0 saturated carbocycles. The number of para-hydroxylation sites is 1. The van der Waals surface area contributed by atoms with Crippen LogP contribution in [0.25, 0.3) is 11.0 Å². The molecule has 2 aromatic carbocycles. The van der Waals surface area contributed by atoms with Crippen molar-refractivity contribution in [3.63, 3.8) is 0 Å². The zero-order valence-corrected chi connectivity index (χ0v) is 15.0. The van der Waals surface area contributed by atoms with E-state index in [1.807, 2.05) is 24.3 Å². The van der Waals surface area contributed by atoms with Gasteiger partial charge in [-0.1, -0.05) is 12.1 Å². The molecule has 3 aromatic rings. The molecule has 0 bridgehead atoms. The number of methoxy groups -OCH3 is 2. The molecule has 0 radical (unpaired) electrons. The number of aryl methyl sites for hydroxylation is 1. The summed E-state index contributed by atoms with van der Waals surface area (Å²) in [5.74, 6) is 1.54. The van der Waals surface area contributed by atoms with Crippen LogP contribution in [0, 0.1) is 0 Å². The first-order valence-electron chi connectivity index (χ1n) is 8.71. The number of hydrogen-bond acceptors (Lipinski definition) is 5. The van der Waals surface area contributed by atoms with Crippen LogP contribution in [-0.4, -0.2) is 20.8 Å². The first-order chi connectivity index (χ1) is 12.7. The molecule has 5 nitrogen and oxygen atoms in total. The van der Waals surface area contributed by atoms with Crippen LogP contribution in [0.3, 0.4) is 0 Å². The number of nitrogens with zero attached hydrogens (tertiary/aromatic N) is 1. The van der Waals surface area contributed by atoms with Gasteiger partial charge in [0.1, 0.15) is 17.1 Å². The van der Waals surface area contributed by atoms with E-state index in [0.29, 0.717) is 17.9 Å². The molecule has 0 aliphatic carbocycles. The highest BCUT2D eigenvalue weighted by Gasteiger charge is 2.22. The van der Waals surface area contributed by atoms with E-state index in [4.69, 9.17) is 13.9 Å². The molecule has 1 aliphatic rings. The summed E-state index contributed by atoms with van der Waals surface area (Å²) in [7, 11) is 3.29. The van der Waals surface area contributed by atoms with Crippen LogP contribution in [0.5, 0.6) is 11.5 Å². The Kier molecular flexibility index (Phi) is 4.29. The van der Waals surface area contributed by atoms with Crippen LogP contribution in [0.2, 0.25) is 0 Å². The first kappa shape index (κ1) is 16.5. The molecule has 0 atom stereocenters. The summed E-state index contributed by atoms with van der Waals surface area (Å²) in [6.07, 6.45) is 2.12. The third kappa shape index (κ3) is 2.90. The second-order valence-electron chi connectivity index (χ2n) is 6.45.